The van der Waals surface area contributed by atoms with Crippen LogP contribution in [0.15, 0.2) is 42.5 Å². The lowest BCUT2D eigenvalue weighted by molar-refractivity contribution is -0.394. The third-order valence-corrected chi connectivity index (χ3v) is 5.04. The lowest BCUT2D eigenvalue weighted by Crippen LogP contribution is -2.43. The second-order valence-electron chi connectivity index (χ2n) is 6.68. The van der Waals surface area contributed by atoms with Gasteiger partial charge in [0, 0.05) is 36.8 Å². The highest BCUT2D eigenvalue weighted by molar-refractivity contribution is 6.30. The van der Waals surface area contributed by atoms with Crippen LogP contribution in [0.1, 0.15) is 22.0 Å². The first-order valence-electron chi connectivity index (χ1n) is 9.14. The fraction of sp³-hybridized carbons (Fsp3) is 0.316. The minimum atomic E-state index is -0.770. The van der Waals surface area contributed by atoms with Crippen LogP contribution in [0, 0.1) is 20.2 Å². The van der Waals surface area contributed by atoms with Gasteiger partial charge in [0.1, 0.15) is 0 Å². The number of ether oxygens (including phenoxy) is 1. The van der Waals surface area contributed by atoms with Gasteiger partial charge in [-0.1, -0.05) is 23.7 Å². The maximum Gasteiger partial charge on any atom is 0.277 e. The average molecular weight is 435 g/mol. The summed E-state index contributed by atoms with van der Waals surface area (Å²) in [5, 5.41) is 25.4. The van der Waals surface area contributed by atoms with Crippen LogP contribution in [-0.4, -0.2) is 53.5 Å². The number of carbonyl (C=O) groups excluding carboxylic acids is 1. The van der Waals surface area contributed by atoms with Gasteiger partial charge in [-0.05, 0) is 17.7 Å². The summed E-state index contributed by atoms with van der Waals surface area (Å²) in [6.45, 7) is 2.68. The van der Waals surface area contributed by atoms with E-state index in [-0.39, 0.29) is 18.2 Å². The molecule has 1 saturated heterocycles. The van der Waals surface area contributed by atoms with Crippen molar-refractivity contribution in [3.05, 3.63) is 78.8 Å². The van der Waals surface area contributed by atoms with Gasteiger partial charge in [0.25, 0.3) is 17.3 Å². The Morgan fingerprint density at radius 1 is 1.07 bits per heavy atom. The summed E-state index contributed by atoms with van der Waals surface area (Å²) in [7, 11) is 0. The Balaban J connectivity index is 1.81. The van der Waals surface area contributed by atoms with Crippen LogP contribution in [0.5, 0.6) is 0 Å². The first-order valence-corrected chi connectivity index (χ1v) is 9.52. The number of nitro benzene ring substituents is 2. The second kappa shape index (κ2) is 9.61. The number of non-ortho nitro benzene ring substituents is 2. The van der Waals surface area contributed by atoms with Crippen LogP contribution in [0.2, 0.25) is 5.02 Å². The van der Waals surface area contributed by atoms with Gasteiger partial charge in [0.2, 0.25) is 0 Å². The quantitative estimate of drug-likeness (QED) is 0.524. The highest BCUT2D eigenvalue weighted by atomic mass is 35.5. The number of amides is 1. The van der Waals surface area contributed by atoms with E-state index in [9.17, 15) is 25.0 Å². The Morgan fingerprint density at radius 2 is 1.63 bits per heavy atom. The summed E-state index contributed by atoms with van der Waals surface area (Å²) in [5.41, 5.74) is -0.243. The van der Waals surface area contributed by atoms with Crippen molar-refractivity contribution in [3.8, 4) is 0 Å². The zero-order chi connectivity index (χ0) is 21.7. The molecule has 30 heavy (non-hydrogen) atoms. The van der Waals surface area contributed by atoms with Gasteiger partial charge < -0.3 is 10.1 Å². The number of hydrogen-bond acceptors (Lipinski definition) is 7. The van der Waals surface area contributed by atoms with E-state index in [2.05, 4.69) is 10.2 Å². The van der Waals surface area contributed by atoms with Gasteiger partial charge in [-0.25, -0.2) is 0 Å². The molecule has 0 bridgehead atoms. The lowest BCUT2D eigenvalue weighted by atomic mass is 10.0. The number of nitro groups is 2. The van der Waals surface area contributed by atoms with Crippen LogP contribution in [0.4, 0.5) is 11.4 Å². The summed E-state index contributed by atoms with van der Waals surface area (Å²) >= 11 is 5.98. The molecule has 1 fully saturated rings. The average Bonchev–Trinajstić information content (AvgIpc) is 2.75. The highest BCUT2D eigenvalue weighted by Crippen LogP contribution is 2.25. The van der Waals surface area contributed by atoms with Gasteiger partial charge in [-0.15, -0.1) is 0 Å². The Hall–Kier alpha value is -3.08. The third kappa shape index (κ3) is 5.29. The summed E-state index contributed by atoms with van der Waals surface area (Å²) in [6, 6.07) is 9.94. The Bertz CT molecular complexity index is 914. The predicted molar refractivity (Wildman–Crippen MR) is 109 cm³/mol. The van der Waals surface area contributed by atoms with Gasteiger partial charge in [-0.2, -0.15) is 0 Å². The highest BCUT2D eigenvalue weighted by Gasteiger charge is 2.25. The normalized spacial score (nSPS) is 15.4. The van der Waals surface area contributed by atoms with Crippen LogP contribution in [0.25, 0.3) is 0 Å². The molecule has 1 heterocycles. The van der Waals surface area contributed by atoms with E-state index in [4.69, 9.17) is 16.3 Å². The molecule has 2 aromatic rings. The van der Waals surface area contributed by atoms with Crippen LogP contribution in [-0.2, 0) is 4.74 Å². The summed E-state index contributed by atoms with van der Waals surface area (Å²) in [4.78, 5) is 35.4. The molecule has 2 aromatic carbocycles. The van der Waals surface area contributed by atoms with Crippen molar-refractivity contribution in [2.24, 2.45) is 0 Å². The Labute approximate surface area is 176 Å². The minimum absolute atomic E-state index is 0.146. The smallest absolute Gasteiger partial charge is 0.277 e. The van der Waals surface area contributed by atoms with E-state index in [1.54, 1.807) is 12.1 Å². The third-order valence-electron chi connectivity index (χ3n) is 4.78. The van der Waals surface area contributed by atoms with Crippen LogP contribution >= 0.6 is 11.6 Å². The van der Waals surface area contributed by atoms with E-state index in [1.807, 2.05) is 12.1 Å². The Morgan fingerprint density at radius 3 is 2.17 bits per heavy atom. The van der Waals surface area contributed by atoms with E-state index in [0.717, 1.165) is 23.8 Å². The van der Waals surface area contributed by atoms with Crippen molar-refractivity contribution < 1.29 is 19.4 Å². The van der Waals surface area contributed by atoms with Crippen molar-refractivity contribution in [3.63, 3.8) is 0 Å². The summed E-state index contributed by atoms with van der Waals surface area (Å²) in [6.07, 6.45) is 0. The second-order valence-corrected chi connectivity index (χ2v) is 7.11. The maximum atomic E-state index is 12.6. The molecule has 1 N–H and O–H groups in total. The fourth-order valence-electron chi connectivity index (χ4n) is 3.26. The molecule has 0 spiro atoms. The number of nitrogens with zero attached hydrogens (tertiary/aromatic N) is 3. The standard InChI is InChI=1S/C19H19ClN4O6/c20-15-3-1-13(2-4-15)18(22-5-7-30-8-6-22)12-21-19(25)14-9-16(23(26)27)11-17(10-14)24(28)29/h1-4,9-11,18H,5-8,12H2,(H,21,25). The van der Waals surface area contributed by atoms with Gasteiger partial charge in [-0.3, -0.25) is 29.9 Å². The van der Waals surface area contributed by atoms with Crippen molar-refractivity contribution in [2.45, 2.75) is 6.04 Å². The van der Waals surface area contributed by atoms with Crippen LogP contribution < -0.4 is 5.32 Å². The first-order chi connectivity index (χ1) is 14.3. The molecule has 1 amide bonds. The van der Waals surface area contributed by atoms with E-state index in [0.29, 0.717) is 31.3 Å². The van der Waals surface area contributed by atoms with Gasteiger partial charge in [0.15, 0.2) is 0 Å². The molecule has 1 aliphatic rings. The predicted octanol–water partition coefficient (Wildman–Crippen LogP) is 2.96. The molecule has 0 aliphatic carbocycles. The number of morpholine rings is 1. The number of rotatable bonds is 7. The number of nitrogens with one attached hydrogen (secondary N) is 1. The minimum Gasteiger partial charge on any atom is -0.379 e. The molecule has 0 radical (unpaired) electrons. The monoisotopic (exact) mass is 434 g/mol. The topological polar surface area (TPSA) is 128 Å². The number of hydrogen-bond donors (Lipinski definition) is 1. The molecule has 3 rings (SSSR count). The molecule has 1 atom stereocenters. The van der Waals surface area contributed by atoms with Gasteiger partial charge >= 0.3 is 0 Å². The number of halogens is 1. The molecule has 158 valence electrons. The van der Waals surface area contributed by atoms with Crippen molar-refractivity contribution in [1.82, 2.24) is 10.2 Å². The number of carbonyl (C=O) groups is 1. The summed E-state index contributed by atoms with van der Waals surface area (Å²) in [5.74, 6) is -0.631. The molecule has 0 aromatic heterocycles. The van der Waals surface area contributed by atoms with Crippen molar-refractivity contribution >= 4 is 28.9 Å². The van der Waals surface area contributed by atoms with E-state index in [1.165, 1.54) is 0 Å². The van der Waals surface area contributed by atoms with E-state index < -0.39 is 27.1 Å². The molecule has 0 saturated carbocycles. The largest absolute Gasteiger partial charge is 0.379 e. The maximum absolute atomic E-state index is 12.6. The molecular weight excluding hydrogens is 416 g/mol. The van der Waals surface area contributed by atoms with Crippen molar-refractivity contribution in [1.29, 1.82) is 0 Å². The molecule has 1 aliphatic heterocycles. The number of benzene rings is 2. The SMILES string of the molecule is O=C(NCC(c1ccc(Cl)cc1)N1CCOCC1)c1cc([N+](=O)[O-])cc([N+](=O)[O-])c1. The summed E-state index contributed by atoms with van der Waals surface area (Å²) < 4.78 is 5.39. The molecule has 10 nitrogen and oxygen atoms in total. The zero-order valence-corrected chi connectivity index (χ0v) is 16.6. The van der Waals surface area contributed by atoms with Gasteiger partial charge in [0.05, 0.1) is 40.7 Å². The molecule has 1 unspecified atom stereocenters. The zero-order valence-electron chi connectivity index (χ0n) is 15.8. The molecular formula is C19H19ClN4O6. The fourth-order valence-corrected chi connectivity index (χ4v) is 3.39. The first kappa shape index (κ1) is 21.6. The van der Waals surface area contributed by atoms with E-state index >= 15 is 0 Å². The van der Waals surface area contributed by atoms with Crippen molar-refractivity contribution in [2.75, 3.05) is 32.8 Å². The lowest BCUT2D eigenvalue weighted by Gasteiger charge is -2.35. The Kier molecular flexibility index (Phi) is 6.93. The molecule has 11 heteroatoms. The van der Waals surface area contributed by atoms with Crippen LogP contribution in [0.3, 0.4) is 0 Å².